The summed E-state index contributed by atoms with van der Waals surface area (Å²) in [5.41, 5.74) is 8.15. The number of nitrogens with one attached hydrogen (secondary N) is 1. The van der Waals surface area contributed by atoms with E-state index in [1.165, 1.54) is 6.20 Å². The summed E-state index contributed by atoms with van der Waals surface area (Å²) in [4.78, 5) is 11.8. The monoisotopic (exact) mass is 353 g/mol. The third kappa shape index (κ3) is 3.64. The Morgan fingerprint density at radius 1 is 1.36 bits per heavy atom. The van der Waals surface area contributed by atoms with Gasteiger partial charge in [0.25, 0.3) is 5.91 Å². The Balaban J connectivity index is 1.65. The molecule has 0 radical (unpaired) electrons. The topological polar surface area (TPSA) is 123 Å². The smallest absolute Gasteiger partial charge is 0.272 e. The molecule has 0 aliphatic heterocycles. The summed E-state index contributed by atoms with van der Waals surface area (Å²) < 4.78 is 9.23. The van der Waals surface area contributed by atoms with E-state index in [2.05, 4.69) is 25.2 Å². The average Bonchev–Trinajstić information content (AvgIpc) is 3.27. The molecule has 3 N–H and O–H groups in total. The van der Waals surface area contributed by atoms with E-state index in [1.807, 2.05) is 30.3 Å². The fourth-order valence-electron chi connectivity index (χ4n) is 2.35. The van der Waals surface area contributed by atoms with Crippen LogP contribution < -0.4 is 11.1 Å². The Labute approximate surface area is 148 Å². The largest absolute Gasteiger partial charge is 0.382 e. The highest BCUT2D eigenvalue weighted by Crippen LogP contribution is 2.21. The van der Waals surface area contributed by atoms with Gasteiger partial charge in [0.05, 0.1) is 29.3 Å². The van der Waals surface area contributed by atoms with E-state index in [9.17, 15) is 10.1 Å². The molecule has 0 fully saturated rings. The van der Waals surface area contributed by atoms with Gasteiger partial charge in [-0.3, -0.25) is 4.79 Å². The van der Waals surface area contributed by atoms with Crippen molar-refractivity contribution >= 4 is 23.5 Å². The lowest BCUT2D eigenvalue weighted by molar-refractivity contribution is 0.0949. The summed E-state index contributed by atoms with van der Waals surface area (Å²) in [5.74, 6) is 0.0601. The van der Waals surface area contributed by atoms with Crippen LogP contribution in [0.1, 0.15) is 28.2 Å². The molecule has 25 heavy (non-hydrogen) atoms. The van der Waals surface area contributed by atoms with E-state index in [1.54, 1.807) is 4.68 Å². The predicted molar refractivity (Wildman–Crippen MR) is 93.3 cm³/mol. The number of hydrogen-bond donors (Lipinski definition) is 2. The molecule has 1 aromatic carbocycles. The normalized spacial score (nSPS) is 10.4. The van der Waals surface area contributed by atoms with E-state index >= 15 is 0 Å². The van der Waals surface area contributed by atoms with E-state index < -0.39 is 0 Å². The molecule has 3 rings (SSSR count). The lowest BCUT2D eigenvalue weighted by atomic mass is 10.1. The van der Waals surface area contributed by atoms with Crippen LogP contribution in [0.3, 0.4) is 0 Å². The number of hydrogen-bond acceptors (Lipinski definition) is 7. The van der Waals surface area contributed by atoms with Gasteiger partial charge < -0.3 is 11.1 Å². The van der Waals surface area contributed by atoms with Gasteiger partial charge in [-0.1, -0.05) is 18.2 Å². The van der Waals surface area contributed by atoms with Crippen molar-refractivity contribution in [1.29, 1.82) is 5.26 Å². The minimum Gasteiger partial charge on any atom is -0.382 e. The van der Waals surface area contributed by atoms with Crippen molar-refractivity contribution in [2.24, 2.45) is 0 Å². The van der Waals surface area contributed by atoms with Crippen LogP contribution in [0.4, 0.5) is 5.82 Å². The molecular formula is C16H15N7OS. The second kappa shape index (κ2) is 7.55. The first-order valence-electron chi connectivity index (χ1n) is 7.59. The van der Waals surface area contributed by atoms with Gasteiger partial charge in [0.1, 0.15) is 17.5 Å². The highest BCUT2D eigenvalue weighted by Gasteiger charge is 2.16. The molecule has 2 heterocycles. The number of benzene rings is 1. The number of aromatic nitrogens is 4. The molecule has 0 saturated heterocycles. The van der Waals surface area contributed by atoms with Gasteiger partial charge in [-0.2, -0.15) is 19.1 Å². The van der Waals surface area contributed by atoms with Gasteiger partial charge in [0, 0.05) is 6.54 Å². The second-order valence-corrected chi connectivity index (χ2v) is 5.77. The second-order valence-electron chi connectivity index (χ2n) is 5.22. The molecule has 2 aromatic heterocycles. The number of nitriles is 1. The molecule has 0 unspecified atom stereocenters. The van der Waals surface area contributed by atoms with E-state index in [0.717, 1.165) is 17.4 Å². The number of nitrogens with zero attached hydrogens (tertiary/aromatic N) is 5. The zero-order chi connectivity index (χ0) is 17.6. The summed E-state index contributed by atoms with van der Waals surface area (Å²) in [5, 5.41) is 16.6. The van der Waals surface area contributed by atoms with Crippen molar-refractivity contribution < 1.29 is 4.79 Å². The van der Waals surface area contributed by atoms with Gasteiger partial charge in [-0.05, 0) is 25.0 Å². The SMILES string of the molecule is N#Cc1c(CCCNC(=O)c2cnsn2)nn(-c2ccccc2)c1N. The van der Waals surface area contributed by atoms with Crippen molar-refractivity contribution in [3.63, 3.8) is 0 Å². The number of carbonyl (C=O) groups is 1. The van der Waals surface area contributed by atoms with Gasteiger partial charge >= 0.3 is 0 Å². The number of rotatable bonds is 6. The number of anilines is 1. The standard InChI is InChI=1S/C16H15N7OS/c17-9-12-13(7-4-8-19-16(24)14-10-20-25-22-14)21-23(15(12)18)11-5-2-1-3-6-11/h1-3,5-6,10H,4,7-8,18H2,(H,19,24). The van der Waals surface area contributed by atoms with Crippen molar-refractivity contribution in [2.75, 3.05) is 12.3 Å². The molecule has 3 aromatic rings. The number of nitrogen functional groups attached to an aromatic ring is 1. The molecule has 126 valence electrons. The fourth-order valence-corrected chi connectivity index (χ4v) is 2.77. The van der Waals surface area contributed by atoms with Gasteiger partial charge in [0.2, 0.25) is 0 Å². The molecule has 9 heteroatoms. The molecule has 0 saturated carbocycles. The number of amides is 1. The maximum atomic E-state index is 11.8. The first-order chi connectivity index (χ1) is 12.2. The highest BCUT2D eigenvalue weighted by molar-refractivity contribution is 6.99. The first kappa shape index (κ1) is 16.6. The van der Waals surface area contributed by atoms with Crippen LogP contribution in [-0.2, 0) is 6.42 Å². The number of aryl methyl sites for hydroxylation is 1. The van der Waals surface area contributed by atoms with Gasteiger partial charge in [-0.25, -0.2) is 4.68 Å². The van der Waals surface area contributed by atoms with E-state index in [-0.39, 0.29) is 5.91 Å². The van der Waals surface area contributed by atoms with Crippen molar-refractivity contribution in [3.05, 3.63) is 53.5 Å². The van der Waals surface area contributed by atoms with Crippen molar-refractivity contribution in [2.45, 2.75) is 12.8 Å². The average molecular weight is 353 g/mol. The molecule has 0 spiro atoms. The third-order valence-electron chi connectivity index (χ3n) is 3.58. The Morgan fingerprint density at radius 3 is 2.84 bits per heavy atom. The summed E-state index contributed by atoms with van der Waals surface area (Å²) in [7, 11) is 0. The Kier molecular flexibility index (Phi) is 5.01. The zero-order valence-electron chi connectivity index (χ0n) is 13.2. The van der Waals surface area contributed by atoms with Crippen LogP contribution in [-0.4, -0.2) is 31.0 Å². The highest BCUT2D eigenvalue weighted by atomic mass is 32.1. The Hall–Kier alpha value is -3.25. The van der Waals surface area contributed by atoms with Gasteiger partial charge in [-0.15, -0.1) is 0 Å². The molecule has 0 bridgehead atoms. The zero-order valence-corrected chi connectivity index (χ0v) is 14.0. The Bertz CT molecular complexity index is 897. The van der Waals surface area contributed by atoms with Crippen LogP contribution >= 0.6 is 11.7 Å². The first-order valence-corrected chi connectivity index (χ1v) is 8.32. The van der Waals surface area contributed by atoms with E-state index in [0.29, 0.717) is 42.2 Å². The number of nitrogens with two attached hydrogens (primary N) is 1. The van der Waals surface area contributed by atoms with E-state index in [4.69, 9.17) is 5.73 Å². The molecular weight excluding hydrogens is 338 g/mol. The van der Waals surface area contributed by atoms with Gasteiger partial charge in [0.15, 0.2) is 5.69 Å². The lowest BCUT2D eigenvalue weighted by Crippen LogP contribution is -2.25. The Morgan fingerprint density at radius 2 is 2.16 bits per heavy atom. The molecule has 0 aliphatic rings. The predicted octanol–water partition coefficient (Wildman–Crippen LogP) is 1.54. The maximum absolute atomic E-state index is 11.8. The van der Waals surface area contributed by atoms with Crippen LogP contribution in [0.15, 0.2) is 36.5 Å². The quantitative estimate of drug-likeness (QED) is 0.648. The van der Waals surface area contributed by atoms with Crippen molar-refractivity contribution in [3.8, 4) is 11.8 Å². The summed E-state index contributed by atoms with van der Waals surface area (Å²) in [6.07, 6.45) is 2.59. The number of para-hydroxylation sites is 1. The third-order valence-corrected chi connectivity index (χ3v) is 4.05. The summed E-state index contributed by atoms with van der Waals surface area (Å²) >= 11 is 0.988. The molecule has 1 amide bonds. The summed E-state index contributed by atoms with van der Waals surface area (Å²) in [6.45, 7) is 0.444. The fraction of sp³-hybridized carbons (Fsp3) is 0.188. The number of carbonyl (C=O) groups excluding carboxylic acids is 1. The minimum atomic E-state index is -0.261. The van der Waals surface area contributed by atoms with Crippen LogP contribution in [0, 0.1) is 11.3 Å². The minimum absolute atomic E-state index is 0.261. The summed E-state index contributed by atoms with van der Waals surface area (Å²) in [6, 6.07) is 11.5. The molecule has 0 atom stereocenters. The van der Waals surface area contributed by atoms with Crippen LogP contribution in [0.2, 0.25) is 0 Å². The molecule has 8 nitrogen and oxygen atoms in total. The lowest BCUT2D eigenvalue weighted by Gasteiger charge is -2.03. The van der Waals surface area contributed by atoms with Crippen LogP contribution in [0.25, 0.3) is 5.69 Å². The van der Waals surface area contributed by atoms with Crippen molar-refractivity contribution in [1.82, 2.24) is 23.8 Å². The van der Waals surface area contributed by atoms with Crippen LogP contribution in [0.5, 0.6) is 0 Å². The maximum Gasteiger partial charge on any atom is 0.272 e. The molecule has 0 aliphatic carbocycles.